The Morgan fingerprint density at radius 2 is 1.92 bits per heavy atom. The minimum atomic E-state index is -1.29. The van der Waals surface area contributed by atoms with Crippen LogP contribution in [0.3, 0.4) is 0 Å². The summed E-state index contributed by atoms with van der Waals surface area (Å²) in [4.78, 5) is 12.0. The van der Waals surface area contributed by atoms with E-state index in [4.69, 9.17) is 15.6 Å². The average Bonchev–Trinajstić information content (AvgIpc) is 2.55. The van der Waals surface area contributed by atoms with Crippen molar-refractivity contribution in [1.29, 1.82) is 0 Å². The van der Waals surface area contributed by atoms with Crippen molar-refractivity contribution >= 4 is 11.6 Å². The topological polar surface area (TPSA) is 84.6 Å². The SMILES string of the molecule is CCCCCCCCOc1ccc(NC(=O)C(C)(N)CO)cc1C. The largest absolute Gasteiger partial charge is 0.493 e. The maximum absolute atomic E-state index is 12.0. The molecule has 136 valence electrons. The van der Waals surface area contributed by atoms with E-state index in [1.165, 1.54) is 39.0 Å². The molecular formula is C19H32N2O3. The molecule has 0 aromatic heterocycles. The molecule has 0 aliphatic carbocycles. The molecule has 0 heterocycles. The van der Waals surface area contributed by atoms with Crippen molar-refractivity contribution in [1.82, 2.24) is 0 Å². The molecule has 0 aliphatic rings. The number of carbonyl (C=O) groups excluding carboxylic acids is 1. The number of amides is 1. The van der Waals surface area contributed by atoms with Gasteiger partial charge in [0, 0.05) is 5.69 Å². The third-order valence-electron chi connectivity index (χ3n) is 4.04. The first-order chi connectivity index (χ1) is 11.4. The van der Waals surface area contributed by atoms with Crippen molar-refractivity contribution in [2.24, 2.45) is 5.73 Å². The highest BCUT2D eigenvalue weighted by Crippen LogP contribution is 2.23. The van der Waals surface area contributed by atoms with Crippen LogP contribution in [0.15, 0.2) is 18.2 Å². The number of ether oxygens (including phenoxy) is 1. The number of benzene rings is 1. The molecule has 24 heavy (non-hydrogen) atoms. The summed E-state index contributed by atoms with van der Waals surface area (Å²) in [6, 6.07) is 5.49. The van der Waals surface area contributed by atoms with Crippen LogP contribution in [0.5, 0.6) is 5.75 Å². The van der Waals surface area contributed by atoms with Crippen LogP contribution < -0.4 is 15.8 Å². The second-order valence-corrected chi connectivity index (χ2v) is 6.63. The van der Waals surface area contributed by atoms with E-state index >= 15 is 0 Å². The monoisotopic (exact) mass is 336 g/mol. The molecule has 1 rings (SSSR count). The lowest BCUT2D eigenvalue weighted by Crippen LogP contribution is -2.51. The predicted molar refractivity (Wildman–Crippen MR) is 98.4 cm³/mol. The molecule has 0 bridgehead atoms. The summed E-state index contributed by atoms with van der Waals surface area (Å²) in [6.45, 7) is 5.96. The molecule has 4 N–H and O–H groups in total. The number of nitrogens with one attached hydrogen (secondary N) is 1. The normalized spacial score (nSPS) is 13.4. The van der Waals surface area contributed by atoms with Gasteiger partial charge in [-0.3, -0.25) is 4.79 Å². The van der Waals surface area contributed by atoms with Gasteiger partial charge in [-0.1, -0.05) is 39.0 Å². The van der Waals surface area contributed by atoms with Crippen molar-refractivity contribution in [3.8, 4) is 5.75 Å². The summed E-state index contributed by atoms with van der Waals surface area (Å²) in [7, 11) is 0. The first-order valence-corrected chi connectivity index (χ1v) is 8.85. The summed E-state index contributed by atoms with van der Waals surface area (Å²) >= 11 is 0. The molecule has 0 radical (unpaired) electrons. The van der Waals surface area contributed by atoms with Crippen LogP contribution in [0.1, 0.15) is 57.9 Å². The van der Waals surface area contributed by atoms with Gasteiger partial charge in [-0.25, -0.2) is 0 Å². The van der Waals surface area contributed by atoms with Crippen molar-refractivity contribution in [3.63, 3.8) is 0 Å². The summed E-state index contributed by atoms with van der Waals surface area (Å²) < 4.78 is 5.81. The molecule has 5 nitrogen and oxygen atoms in total. The second-order valence-electron chi connectivity index (χ2n) is 6.63. The minimum absolute atomic E-state index is 0.405. The fraction of sp³-hybridized carbons (Fsp3) is 0.632. The van der Waals surface area contributed by atoms with E-state index in [0.717, 1.165) is 17.7 Å². The Morgan fingerprint density at radius 1 is 1.25 bits per heavy atom. The zero-order valence-electron chi connectivity index (χ0n) is 15.2. The highest BCUT2D eigenvalue weighted by atomic mass is 16.5. The van der Waals surface area contributed by atoms with Crippen molar-refractivity contribution in [3.05, 3.63) is 23.8 Å². The maximum Gasteiger partial charge on any atom is 0.246 e. The number of hydrogen-bond acceptors (Lipinski definition) is 4. The van der Waals surface area contributed by atoms with Gasteiger partial charge in [0.1, 0.15) is 11.3 Å². The molecule has 1 aromatic rings. The Morgan fingerprint density at radius 3 is 2.54 bits per heavy atom. The summed E-state index contributed by atoms with van der Waals surface area (Å²) in [5.41, 5.74) is 6.03. The smallest absolute Gasteiger partial charge is 0.246 e. The Labute approximate surface area is 145 Å². The molecule has 0 spiro atoms. The molecular weight excluding hydrogens is 304 g/mol. The molecule has 0 aliphatic heterocycles. The Bertz CT molecular complexity index is 515. The number of anilines is 1. The van der Waals surface area contributed by atoms with Gasteiger partial charge < -0.3 is 20.9 Å². The zero-order chi connectivity index (χ0) is 18.0. The van der Waals surface area contributed by atoms with Gasteiger partial charge in [-0.15, -0.1) is 0 Å². The lowest BCUT2D eigenvalue weighted by Gasteiger charge is -2.21. The van der Waals surface area contributed by atoms with Crippen LogP contribution in [0.4, 0.5) is 5.69 Å². The molecule has 5 heteroatoms. The second kappa shape index (κ2) is 10.3. The van der Waals surface area contributed by atoms with E-state index < -0.39 is 18.1 Å². The van der Waals surface area contributed by atoms with Gasteiger partial charge in [-0.2, -0.15) is 0 Å². The average molecular weight is 336 g/mol. The number of carbonyl (C=O) groups is 1. The molecule has 1 atom stereocenters. The first kappa shape index (κ1) is 20.5. The highest BCUT2D eigenvalue weighted by Gasteiger charge is 2.27. The number of hydrogen-bond donors (Lipinski definition) is 3. The Hall–Kier alpha value is -1.59. The van der Waals surface area contributed by atoms with Gasteiger partial charge in [0.2, 0.25) is 5.91 Å². The van der Waals surface area contributed by atoms with Crippen LogP contribution in [0.25, 0.3) is 0 Å². The number of aliphatic hydroxyl groups excluding tert-OH is 1. The minimum Gasteiger partial charge on any atom is -0.493 e. The molecule has 0 fully saturated rings. The van der Waals surface area contributed by atoms with E-state index in [9.17, 15) is 4.79 Å². The van der Waals surface area contributed by atoms with Crippen LogP contribution in [-0.2, 0) is 4.79 Å². The van der Waals surface area contributed by atoms with Crippen LogP contribution in [-0.4, -0.2) is 29.8 Å². The number of rotatable bonds is 11. The van der Waals surface area contributed by atoms with Gasteiger partial charge in [0.15, 0.2) is 0 Å². The van der Waals surface area contributed by atoms with Gasteiger partial charge in [-0.05, 0) is 44.0 Å². The predicted octanol–water partition coefficient (Wildman–Crippen LogP) is 3.38. The summed E-state index contributed by atoms with van der Waals surface area (Å²) in [5, 5.41) is 11.8. The quantitative estimate of drug-likeness (QED) is 0.541. The number of unbranched alkanes of at least 4 members (excludes halogenated alkanes) is 5. The fourth-order valence-corrected chi connectivity index (χ4v) is 2.30. The van der Waals surface area contributed by atoms with Crippen molar-refractivity contribution < 1.29 is 14.6 Å². The summed E-state index contributed by atoms with van der Waals surface area (Å²) in [6.07, 6.45) is 7.40. The molecule has 0 saturated carbocycles. The first-order valence-electron chi connectivity index (χ1n) is 8.85. The van der Waals surface area contributed by atoms with Crippen LogP contribution in [0.2, 0.25) is 0 Å². The van der Waals surface area contributed by atoms with E-state index in [-0.39, 0.29) is 0 Å². The zero-order valence-corrected chi connectivity index (χ0v) is 15.2. The molecule has 1 unspecified atom stereocenters. The van der Waals surface area contributed by atoms with E-state index in [1.54, 1.807) is 6.07 Å². The lowest BCUT2D eigenvalue weighted by molar-refractivity contribution is -0.121. The molecule has 1 aromatic carbocycles. The van der Waals surface area contributed by atoms with E-state index in [2.05, 4.69) is 12.2 Å². The van der Waals surface area contributed by atoms with Crippen LogP contribution >= 0.6 is 0 Å². The maximum atomic E-state index is 12.0. The highest BCUT2D eigenvalue weighted by molar-refractivity contribution is 5.97. The number of nitrogens with two attached hydrogens (primary N) is 1. The van der Waals surface area contributed by atoms with Gasteiger partial charge >= 0.3 is 0 Å². The van der Waals surface area contributed by atoms with E-state index in [1.807, 2.05) is 19.1 Å². The standard InChI is InChI=1S/C19H32N2O3/c1-4-5-6-7-8-9-12-24-17-11-10-16(13-15(17)2)21-18(23)19(3,20)14-22/h10-11,13,22H,4-9,12,14,20H2,1-3H3,(H,21,23). The number of aryl methyl sites for hydroxylation is 1. The Kier molecular flexibility index (Phi) is 8.79. The lowest BCUT2D eigenvalue weighted by atomic mass is 10.0. The third-order valence-corrected chi connectivity index (χ3v) is 4.04. The third kappa shape index (κ3) is 6.89. The molecule has 0 saturated heterocycles. The fourth-order valence-electron chi connectivity index (χ4n) is 2.30. The van der Waals surface area contributed by atoms with Gasteiger partial charge in [0.25, 0.3) is 0 Å². The van der Waals surface area contributed by atoms with Crippen LogP contribution in [0, 0.1) is 6.92 Å². The Balaban J connectivity index is 2.43. The van der Waals surface area contributed by atoms with Gasteiger partial charge in [0.05, 0.1) is 13.2 Å². The van der Waals surface area contributed by atoms with Crippen molar-refractivity contribution in [2.45, 2.75) is 64.8 Å². The number of aliphatic hydroxyl groups is 1. The molecule has 1 amide bonds. The summed E-state index contributed by atoms with van der Waals surface area (Å²) in [5.74, 6) is 0.421. The van der Waals surface area contributed by atoms with E-state index in [0.29, 0.717) is 12.3 Å². The van der Waals surface area contributed by atoms with Crippen molar-refractivity contribution in [2.75, 3.05) is 18.5 Å².